The van der Waals surface area contributed by atoms with E-state index in [-0.39, 0.29) is 0 Å². The SMILES string of the molecule is OC[C@@H]1NCCN2CCC[C@@H]12. The van der Waals surface area contributed by atoms with Gasteiger partial charge in [-0.1, -0.05) is 0 Å². The molecule has 2 aliphatic heterocycles. The Morgan fingerprint density at radius 1 is 1.45 bits per heavy atom. The summed E-state index contributed by atoms with van der Waals surface area (Å²) in [6.07, 6.45) is 2.57. The highest BCUT2D eigenvalue weighted by molar-refractivity contribution is 4.92. The fraction of sp³-hybridized carbons (Fsp3) is 1.00. The molecule has 3 nitrogen and oxygen atoms in total. The Kier molecular flexibility index (Phi) is 2.11. The number of hydrogen-bond donors (Lipinski definition) is 2. The Bertz CT molecular complexity index is 140. The van der Waals surface area contributed by atoms with Gasteiger partial charge in [-0.3, -0.25) is 4.90 Å². The number of fused-ring (bicyclic) bond motifs is 1. The molecule has 0 aromatic heterocycles. The standard InChI is InChI=1S/C8H16N2O/c11-6-7-8-2-1-4-10(8)5-3-9-7/h7-9,11H,1-6H2/t7-,8-/m0/s1. The van der Waals surface area contributed by atoms with Crippen LogP contribution in [0, 0.1) is 0 Å². The fourth-order valence-electron chi connectivity index (χ4n) is 2.30. The van der Waals surface area contributed by atoms with Crippen LogP contribution in [-0.2, 0) is 0 Å². The van der Waals surface area contributed by atoms with Crippen molar-refractivity contribution in [2.75, 3.05) is 26.2 Å². The van der Waals surface area contributed by atoms with E-state index in [0.29, 0.717) is 18.7 Å². The second kappa shape index (κ2) is 3.09. The van der Waals surface area contributed by atoms with Crippen molar-refractivity contribution >= 4 is 0 Å². The van der Waals surface area contributed by atoms with E-state index < -0.39 is 0 Å². The molecule has 2 saturated heterocycles. The number of rotatable bonds is 1. The van der Waals surface area contributed by atoms with Gasteiger partial charge in [0.05, 0.1) is 6.61 Å². The Balaban J connectivity index is 2.00. The zero-order chi connectivity index (χ0) is 7.68. The first kappa shape index (κ1) is 7.53. The van der Waals surface area contributed by atoms with Crippen molar-refractivity contribution in [3.05, 3.63) is 0 Å². The molecule has 2 heterocycles. The first-order valence-electron chi connectivity index (χ1n) is 4.50. The van der Waals surface area contributed by atoms with Crippen LogP contribution in [0.1, 0.15) is 12.8 Å². The van der Waals surface area contributed by atoms with Crippen LogP contribution < -0.4 is 5.32 Å². The molecule has 0 aliphatic carbocycles. The Morgan fingerprint density at radius 2 is 2.36 bits per heavy atom. The van der Waals surface area contributed by atoms with Gasteiger partial charge in [-0.2, -0.15) is 0 Å². The van der Waals surface area contributed by atoms with Crippen molar-refractivity contribution in [1.82, 2.24) is 10.2 Å². The molecule has 0 bridgehead atoms. The van der Waals surface area contributed by atoms with Crippen molar-refractivity contribution < 1.29 is 5.11 Å². The number of aliphatic hydroxyl groups is 1. The predicted molar refractivity (Wildman–Crippen MR) is 43.5 cm³/mol. The molecule has 64 valence electrons. The van der Waals surface area contributed by atoms with Crippen LogP contribution in [0.4, 0.5) is 0 Å². The third kappa shape index (κ3) is 1.28. The molecule has 0 aromatic carbocycles. The van der Waals surface area contributed by atoms with Gasteiger partial charge in [-0.15, -0.1) is 0 Å². The van der Waals surface area contributed by atoms with Gasteiger partial charge in [-0.05, 0) is 19.4 Å². The summed E-state index contributed by atoms with van der Waals surface area (Å²) in [5, 5.41) is 12.4. The van der Waals surface area contributed by atoms with Gasteiger partial charge < -0.3 is 10.4 Å². The number of nitrogens with zero attached hydrogens (tertiary/aromatic N) is 1. The molecule has 0 amide bonds. The molecular weight excluding hydrogens is 140 g/mol. The van der Waals surface area contributed by atoms with E-state index in [1.54, 1.807) is 0 Å². The predicted octanol–water partition coefficient (Wildman–Crippen LogP) is -0.585. The van der Waals surface area contributed by atoms with Crippen LogP contribution in [0.15, 0.2) is 0 Å². The summed E-state index contributed by atoms with van der Waals surface area (Å²) < 4.78 is 0. The Hall–Kier alpha value is -0.120. The lowest BCUT2D eigenvalue weighted by molar-refractivity contribution is 0.116. The normalized spacial score (nSPS) is 39.0. The van der Waals surface area contributed by atoms with E-state index in [4.69, 9.17) is 5.11 Å². The minimum Gasteiger partial charge on any atom is -0.395 e. The van der Waals surface area contributed by atoms with Crippen molar-refractivity contribution in [3.8, 4) is 0 Å². The van der Waals surface area contributed by atoms with E-state index in [2.05, 4.69) is 10.2 Å². The average Bonchev–Trinajstić information content (AvgIpc) is 2.50. The zero-order valence-corrected chi connectivity index (χ0v) is 6.79. The highest BCUT2D eigenvalue weighted by Gasteiger charge is 2.33. The highest BCUT2D eigenvalue weighted by Crippen LogP contribution is 2.21. The van der Waals surface area contributed by atoms with E-state index in [0.717, 1.165) is 6.54 Å². The molecule has 2 fully saturated rings. The monoisotopic (exact) mass is 156 g/mol. The van der Waals surface area contributed by atoms with Gasteiger partial charge in [0.15, 0.2) is 0 Å². The van der Waals surface area contributed by atoms with Crippen LogP contribution in [0.5, 0.6) is 0 Å². The summed E-state index contributed by atoms with van der Waals surface area (Å²) in [4.78, 5) is 2.50. The van der Waals surface area contributed by atoms with Crippen LogP contribution in [-0.4, -0.2) is 48.3 Å². The van der Waals surface area contributed by atoms with Crippen LogP contribution in [0.2, 0.25) is 0 Å². The Labute approximate surface area is 67.4 Å². The average molecular weight is 156 g/mol. The van der Waals surface area contributed by atoms with Crippen LogP contribution in [0.3, 0.4) is 0 Å². The molecule has 0 radical (unpaired) electrons. The van der Waals surface area contributed by atoms with Crippen molar-refractivity contribution in [1.29, 1.82) is 0 Å². The second-order valence-corrected chi connectivity index (χ2v) is 3.49. The third-order valence-corrected chi connectivity index (χ3v) is 2.88. The molecule has 2 aliphatic rings. The lowest BCUT2D eigenvalue weighted by Crippen LogP contribution is -2.56. The summed E-state index contributed by atoms with van der Waals surface area (Å²) >= 11 is 0. The molecule has 2 atom stereocenters. The van der Waals surface area contributed by atoms with Crippen molar-refractivity contribution in [2.24, 2.45) is 0 Å². The van der Waals surface area contributed by atoms with Crippen molar-refractivity contribution in [2.45, 2.75) is 24.9 Å². The summed E-state index contributed by atoms with van der Waals surface area (Å²) in [6, 6.07) is 0.958. The van der Waals surface area contributed by atoms with E-state index in [1.165, 1.54) is 25.9 Å². The number of nitrogens with one attached hydrogen (secondary N) is 1. The molecule has 0 spiro atoms. The lowest BCUT2D eigenvalue weighted by Gasteiger charge is -2.36. The quantitative estimate of drug-likeness (QED) is 0.533. The number of piperazine rings is 1. The van der Waals surface area contributed by atoms with E-state index in [1.807, 2.05) is 0 Å². The maximum absolute atomic E-state index is 9.05. The third-order valence-electron chi connectivity index (χ3n) is 2.88. The molecule has 2 N–H and O–H groups in total. The number of hydrogen-bond acceptors (Lipinski definition) is 3. The molecule has 0 saturated carbocycles. The molecule has 0 aromatic rings. The minimum absolute atomic E-state index is 0.293. The topological polar surface area (TPSA) is 35.5 Å². The van der Waals surface area contributed by atoms with Gasteiger partial charge in [-0.25, -0.2) is 0 Å². The lowest BCUT2D eigenvalue weighted by atomic mass is 10.0. The smallest absolute Gasteiger partial charge is 0.0599 e. The van der Waals surface area contributed by atoms with Crippen LogP contribution in [0.25, 0.3) is 0 Å². The van der Waals surface area contributed by atoms with Crippen molar-refractivity contribution in [3.63, 3.8) is 0 Å². The summed E-state index contributed by atoms with van der Waals surface area (Å²) in [7, 11) is 0. The first-order chi connectivity index (χ1) is 5.42. The summed E-state index contributed by atoms with van der Waals surface area (Å²) in [5.74, 6) is 0. The molecular formula is C8H16N2O. The van der Waals surface area contributed by atoms with Gasteiger partial charge >= 0.3 is 0 Å². The maximum atomic E-state index is 9.05. The summed E-state index contributed by atoms with van der Waals surface area (Å²) in [5.41, 5.74) is 0. The Morgan fingerprint density at radius 3 is 3.18 bits per heavy atom. The van der Waals surface area contributed by atoms with Gasteiger partial charge in [0, 0.05) is 25.2 Å². The maximum Gasteiger partial charge on any atom is 0.0599 e. The van der Waals surface area contributed by atoms with Gasteiger partial charge in [0.25, 0.3) is 0 Å². The fourth-order valence-corrected chi connectivity index (χ4v) is 2.30. The number of aliphatic hydroxyl groups excluding tert-OH is 1. The molecule has 3 heteroatoms. The molecule has 0 unspecified atom stereocenters. The minimum atomic E-state index is 0.293. The highest BCUT2D eigenvalue weighted by atomic mass is 16.3. The first-order valence-corrected chi connectivity index (χ1v) is 4.50. The second-order valence-electron chi connectivity index (χ2n) is 3.49. The van der Waals surface area contributed by atoms with Gasteiger partial charge in [0.2, 0.25) is 0 Å². The van der Waals surface area contributed by atoms with E-state index in [9.17, 15) is 0 Å². The summed E-state index contributed by atoms with van der Waals surface area (Å²) in [6.45, 7) is 3.74. The molecule has 11 heavy (non-hydrogen) atoms. The van der Waals surface area contributed by atoms with Gasteiger partial charge in [0.1, 0.15) is 0 Å². The zero-order valence-electron chi connectivity index (χ0n) is 6.79. The largest absolute Gasteiger partial charge is 0.395 e. The van der Waals surface area contributed by atoms with Crippen LogP contribution >= 0.6 is 0 Å². The van der Waals surface area contributed by atoms with E-state index >= 15 is 0 Å². The molecule has 2 rings (SSSR count).